The van der Waals surface area contributed by atoms with E-state index >= 15 is 0 Å². The smallest absolute Gasteiger partial charge is 0.351 e. The molecule has 2 amide bonds. The Kier molecular flexibility index (Phi) is 12.2. The molecule has 0 radical (unpaired) electrons. The lowest BCUT2D eigenvalue weighted by molar-refractivity contribution is -0.137. The number of benzene rings is 4. The number of alkyl halides is 3. The van der Waals surface area contributed by atoms with Crippen molar-refractivity contribution in [1.82, 2.24) is 5.32 Å². The van der Waals surface area contributed by atoms with Crippen LogP contribution in [0.25, 0.3) is 17.2 Å². The molecule has 12 heteroatoms. The first kappa shape index (κ1) is 39.3. The maximum absolute atomic E-state index is 14.0. The van der Waals surface area contributed by atoms with Gasteiger partial charge < -0.3 is 10.6 Å². The van der Waals surface area contributed by atoms with Crippen molar-refractivity contribution in [1.29, 1.82) is 0 Å². The molecule has 0 saturated heterocycles. The maximum atomic E-state index is 14.0. The normalized spacial score (nSPS) is 12.9. The van der Waals surface area contributed by atoms with E-state index in [0.717, 1.165) is 28.8 Å². The third kappa shape index (κ3) is 11.3. The summed E-state index contributed by atoms with van der Waals surface area (Å²) in [5.41, 5.74) is 4.68. The van der Waals surface area contributed by atoms with Crippen LogP contribution in [-0.4, -0.2) is 37.1 Å². The number of anilines is 1. The molecule has 4 aromatic rings. The van der Waals surface area contributed by atoms with Crippen molar-refractivity contribution < 1.29 is 35.7 Å². The number of aryl methyl sites for hydroxylation is 2. The lowest BCUT2D eigenvalue weighted by Crippen LogP contribution is -2.28. The number of allylic oxidation sites excluding steroid dienone is 1. The van der Waals surface area contributed by atoms with E-state index in [1.165, 1.54) is 6.07 Å². The summed E-state index contributed by atoms with van der Waals surface area (Å²) < 4.78 is 70.6. The fourth-order valence-electron chi connectivity index (χ4n) is 5.40. The summed E-state index contributed by atoms with van der Waals surface area (Å²) in [5, 5.41) is 5.61. The molecule has 0 saturated carbocycles. The van der Waals surface area contributed by atoms with Gasteiger partial charge in [-0.3, -0.25) is 14.1 Å². The molecular formula is C39H40ClF3N2O5S. The molecular weight excluding hydrogens is 701 g/mol. The second kappa shape index (κ2) is 15.8. The molecule has 0 heterocycles. The number of halogens is 4. The molecule has 3 N–H and O–H groups in total. The summed E-state index contributed by atoms with van der Waals surface area (Å²) >= 11 is 6.68. The predicted molar refractivity (Wildman–Crippen MR) is 197 cm³/mol. The van der Waals surface area contributed by atoms with Gasteiger partial charge >= 0.3 is 6.18 Å². The molecule has 0 aliphatic heterocycles. The average molecular weight is 741 g/mol. The Labute approximate surface area is 301 Å². The van der Waals surface area contributed by atoms with Crippen molar-refractivity contribution >= 4 is 45.3 Å². The molecule has 4 aromatic carbocycles. The summed E-state index contributed by atoms with van der Waals surface area (Å²) in [7, 11) is -4.22. The molecule has 0 bridgehead atoms. The number of rotatable bonds is 11. The summed E-state index contributed by atoms with van der Waals surface area (Å²) in [6.45, 7) is 9.42. The third-order valence-electron chi connectivity index (χ3n) is 8.15. The Morgan fingerprint density at radius 1 is 0.882 bits per heavy atom. The highest BCUT2D eigenvalue weighted by atomic mass is 35.5. The third-order valence-corrected chi connectivity index (χ3v) is 9.18. The van der Waals surface area contributed by atoms with E-state index in [1.54, 1.807) is 50.2 Å². The first-order valence-electron chi connectivity index (χ1n) is 16.1. The van der Waals surface area contributed by atoms with Gasteiger partial charge in [-0.2, -0.15) is 21.6 Å². The second-order valence-electron chi connectivity index (χ2n) is 13.5. The van der Waals surface area contributed by atoms with Crippen molar-refractivity contribution in [2.45, 2.75) is 53.1 Å². The first-order valence-corrected chi connectivity index (χ1v) is 18.1. The van der Waals surface area contributed by atoms with Crippen molar-refractivity contribution in [3.05, 3.63) is 129 Å². The Hall–Kier alpha value is -4.45. The molecule has 51 heavy (non-hydrogen) atoms. The highest BCUT2D eigenvalue weighted by Crippen LogP contribution is 2.37. The van der Waals surface area contributed by atoms with Gasteiger partial charge in [0.15, 0.2) is 0 Å². The topological polar surface area (TPSA) is 113 Å². The molecule has 1 unspecified atom stereocenters. The van der Waals surface area contributed by atoms with Gasteiger partial charge in [0.05, 0.1) is 27.9 Å². The van der Waals surface area contributed by atoms with Crippen LogP contribution in [0.1, 0.15) is 70.4 Å². The lowest BCUT2D eigenvalue weighted by Gasteiger charge is -2.20. The predicted octanol–water partition coefficient (Wildman–Crippen LogP) is 9.28. The number of hydrogen-bond donors (Lipinski definition) is 3. The number of hydrogen-bond acceptors (Lipinski definition) is 4. The van der Waals surface area contributed by atoms with Gasteiger partial charge in [-0.05, 0) is 101 Å². The molecule has 0 aliphatic rings. The van der Waals surface area contributed by atoms with Crippen LogP contribution < -0.4 is 10.6 Å². The number of carbonyl (C=O) groups excluding carboxylic acids is 2. The van der Waals surface area contributed by atoms with Crippen molar-refractivity contribution in [2.75, 3.05) is 17.6 Å². The maximum Gasteiger partial charge on any atom is 0.416 e. The van der Waals surface area contributed by atoms with Crippen LogP contribution in [0.3, 0.4) is 0 Å². The largest absolute Gasteiger partial charge is 0.416 e. The highest BCUT2D eigenvalue weighted by Gasteiger charge is 2.31. The Morgan fingerprint density at radius 3 is 2.08 bits per heavy atom. The van der Waals surface area contributed by atoms with E-state index in [4.69, 9.17) is 16.2 Å². The van der Waals surface area contributed by atoms with Crippen LogP contribution in [0.4, 0.5) is 18.9 Å². The van der Waals surface area contributed by atoms with E-state index in [9.17, 15) is 31.2 Å². The van der Waals surface area contributed by atoms with Crippen molar-refractivity contribution in [3.8, 4) is 11.1 Å². The molecule has 0 fully saturated rings. The summed E-state index contributed by atoms with van der Waals surface area (Å²) in [4.78, 5) is 26.5. The van der Waals surface area contributed by atoms with Gasteiger partial charge in [-0.1, -0.05) is 87.0 Å². The molecule has 0 aromatic heterocycles. The molecule has 0 aliphatic carbocycles. The monoisotopic (exact) mass is 740 g/mol. The SMILES string of the molecule is Cc1cc(C(F)(F)F)ccc1-c1cc(Cl)c(NC(=O)C(Cc2ccc(C(=O)NCCS(=O)(=O)O)cc2)c2ccc(/C=C/C(C)(C)C)cc2)cc1C. The van der Waals surface area contributed by atoms with Crippen LogP contribution in [0.5, 0.6) is 0 Å². The average Bonchev–Trinajstić information content (AvgIpc) is 3.03. The van der Waals surface area contributed by atoms with E-state index in [2.05, 4.69) is 37.5 Å². The van der Waals surface area contributed by atoms with Crippen LogP contribution in [0, 0.1) is 19.3 Å². The zero-order valence-corrected chi connectivity index (χ0v) is 30.4. The minimum Gasteiger partial charge on any atom is -0.351 e. The number of carbonyl (C=O) groups is 2. The van der Waals surface area contributed by atoms with E-state index in [1.807, 2.05) is 30.3 Å². The minimum absolute atomic E-state index is 0.0150. The zero-order chi connectivity index (χ0) is 37.7. The first-order chi connectivity index (χ1) is 23.7. The van der Waals surface area contributed by atoms with Gasteiger partial charge in [0, 0.05) is 12.1 Å². The lowest BCUT2D eigenvalue weighted by atomic mass is 9.89. The van der Waals surface area contributed by atoms with Gasteiger partial charge in [0.25, 0.3) is 16.0 Å². The van der Waals surface area contributed by atoms with Crippen LogP contribution >= 0.6 is 11.6 Å². The Bertz CT molecular complexity index is 2040. The summed E-state index contributed by atoms with van der Waals surface area (Å²) in [6, 6.07) is 21.0. The number of amides is 2. The fraction of sp³-hybridized carbons (Fsp3) is 0.282. The van der Waals surface area contributed by atoms with E-state index < -0.39 is 39.4 Å². The van der Waals surface area contributed by atoms with Gasteiger partial charge in [-0.25, -0.2) is 0 Å². The molecule has 270 valence electrons. The van der Waals surface area contributed by atoms with E-state index in [-0.39, 0.29) is 34.9 Å². The standard InChI is InChI=1S/C39H40ClF3N2O5S/c1-24-20-30(39(41,42)43)14-15-31(24)32-23-34(40)35(21-25(32)2)45-37(47)33(28-10-6-26(7-11-28)16-17-38(3,4)5)22-27-8-12-29(13-9-27)36(46)44-18-19-51(48,49)50/h6-17,20-21,23,33H,18-19,22H2,1-5H3,(H,44,46)(H,45,47)(H,48,49,50)/b17-16+. The zero-order valence-electron chi connectivity index (χ0n) is 28.9. The van der Waals surface area contributed by atoms with Crippen molar-refractivity contribution in [3.63, 3.8) is 0 Å². The fourth-order valence-corrected chi connectivity index (χ4v) is 5.97. The number of nitrogens with one attached hydrogen (secondary N) is 2. The molecule has 4 rings (SSSR count). The Morgan fingerprint density at radius 2 is 1.51 bits per heavy atom. The van der Waals surface area contributed by atoms with Gasteiger partial charge in [0.2, 0.25) is 5.91 Å². The van der Waals surface area contributed by atoms with Crippen molar-refractivity contribution in [2.24, 2.45) is 5.41 Å². The summed E-state index contributed by atoms with van der Waals surface area (Å²) in [6.07, 6.45) is -0.101. The van der Waals surface area contributed by atoms with Gasteiger partial charge in [0.1, 0.15) is 0 Å². The summed E-state index contributed by atoms with van der Waals surface area (Å²) in [5.74, 6) is -2.16. The van der Waals surface area contributed by atoms with E-state index in [0.29, 0.717) is 27.9 Å². The second-order valence-corrected chi connectivity index (χ2v) is 15.5. The molecule has 0 spiro atoms. The minimum atomic E-state index is -4.46. The highest BCUT2D eigenvalue weighted by molar-refractivity contribution is 7.85. The molecule has 7 nitrogen and oxygen atoms in total. The van der Waals surface area contributed by atoms with Crippen LogP contribution in [-0.2, 0) is 27.5 Å². The quantitative estimate of drug-likeness (QED) is 0.133. The van der Waals surface area contributed by atoms with Gasteiger partial charge in [-0.15, -0.1) is 0 Å². The van der Waals surface area contributed by atoms with Crippen LogP contribution in [0.2, 0.25) is 5.02 Å². The van der Waals surface area contributed by atoms with Crippen LogP contribution in [0.15, 0.2) is 84.9 Å². The molecule has 1 atom stereocenters. The Balaban J connectivity index is 1.61.